The molecule has 2 aliphatic rings. The summed E-state index contributed by atoms with van der Waals surface area (Å²) in [4.78, 5) is 36.0. The average Bonchev–Trinajstić information content (AvgIpc) is 3.06. The first-order valence-corrected chi connectivity index (χ1v) is 10.7. The summed E-state index contributed by atoms with van der Waals surface area (Å²) in [6.07, 6.45) is 8.08. The summed E-state index contributed by atoms with van der Waals surface area (Å²) >= 11 is 1.51. The fraction of sp³-hybridized carbons (Fsp3) is 0.700. The Bertz CT molecular complexity index is 688. The van der Waals surface area contributed by atoms with Crippen molar-refractivity contribution in [2.45, 2.75) is 83.4 Å². The van der Waals surface area contributed by atoms with Crippen LogP contribution >= 0.6 is 11.3 Å². The first-order chi connectivity index (χ1) is 12.8. The molecule has 2 heterocycles. The molecular weight excluding hydrogens is 362 g/mol. The van der Waals surface area contributed by atoms with Gasteiger partial charge in [-0.2, -0.15) is 0 Å². The smallest absolute Gasteiger partial charge is 0.410 e. The van der Waals surface area contributed by atoms with Gasteiger partial charge in [0.25, 0.3) is 0 Å². The number of carbonyl (C=O) groups excluding carboxylic acids is 2. The molecule has 1 aromatic heterocycles. The third kappa shape index (κ3) is 5.37. The van der Waals surface area contributed by atoms with Gasteiger partial charge in [0.05, 0.1) is 24.2 Å². The average molecular weight is 392 g/mol. The molecule has 27 heavy (non-hydrogen) atoms. The van der Waals surface area contributed by atoms with Crippen molar-refractivity contribution in [1.29, 1.82) is 0 Å². The number of amides is 1. The Kier molecular flexibility index (Phi) is 6.29. The number of hydrogen-bond donors (Lipinski definition) is 0. The molecule has 6 nitrogen and oxygen atoms in total. The topological polar surface area (TPSA) is 71.9 Å². The minimum Gasteiger partial charge on any atom is -0.444 e. The van der Waals surface area contributed by atoms with Crippen LogP contribution in [0.15, 0.2) is 16.6 Å². The summed E-state index contributed by atoms with van der Waals surface area (Å²) in [5, 5.41) is 2.73. The molecule has 1 saturated carbocycles. The van der Waals surface area contributed by atoms with E-state index in [4.69, 9.17) is 9.73 Å². The second-order valence-electron chi connectivity index (χ2n) is 8.33. The number of ether oxygens (including phenoxy) is 1. The zero-order valence-corrected chi connectivity index (χ0v) is 17.3. The molecule has 0 bridgehead atoms. The third-order valence-electron chi connectivity index (χ3n) is 4.95. The number of aromatic nitrogens is 1. The quantitative estimate of drug-likeness (QED) is 0.704. The van der Waals surface area contributed by atoms with Crippen LogP contribution in [0.4, 0.5) is 4.79 Å². The first kappa shape index (κ1) is 20.0. The number of nitrogens with zero attached hydrogens (tertiary/aromatic N) is 3. The monoisotopic (exact) mass is 391 g/mol. The van der Waals surface area contributed by atoms with Crippen LogP contribution in [-0.2, 0) is 9.53 Å². The highest BCUT2D eigenvalue weighted by atomic mass is 32.1. The summed E-state index contributed by atoms with van der Waals surface area (Å²) in [7, 11) is 0. The molecule has 0 spiro atoms. The van der Waals surface area contributed by atoms with Gasteiger partial charge in [-0.3, -0.25) is 14.7 Å². The minimum absolute atomic E-state index is 0.0249. The Labute approximate surface area is 165 Å². The SMILES string of the molecule is CC(C)(C)OC(=O)N1CCC1C(=O)CC(=NC1CCCCC1)c1nccs1. The molecule has 0 radical (unpaired) electrons. The number of thiazole rings is 1. The van der Waals surface area contributed by atoms with Crippen molar-refractivity contribution in [2.24, 2.45) is 4.99 Å². The lowest BCUT2D eigenvalue weighted by molar-refractivity contribution is -0.127. The van der Waals surface area contributed by atoms with Gasteiger partial charge in [0.15, 0.2) is 5.78 Å². The van der Waals surface area contributed by atoms with Crippen LogP contribution in [0.2, 0.25) is 0 Å². The van der Waals surface area contributed by atoms with E-state index < -0.39 is 17.7 Å². The maximum atomic E-state index is 12.9. The van der Waals surface area contributed by atoms with Gasteiger partial charge in [-0.1, -0.05) is 19.3 Å². The number of rotatable bonds is 5. The van der Waals surface area contributed by atoms with Gasteiger partial charge in [0.1, 0.15) is 10.6 Å². The Morgan fingerprint density at radius 1 is 1.26 bits per heavy atom. The van der Waals surface area contributed by atoms with Crippen LogP contribution in [0, 0.1) is 0 Å². The molecule has 2 fully saturated rings. The fourth-order valence-corrected chi connectivity index (χ4v) is 4.15. The molecule has 1 aliphatic heterocycles. The van der Waals surface area contributed by atoms with Crippen LogP contribution in [0.3, 0.4) is 0 Å². The third-order valence-corrected chi connectivity index (χ3v) is 5.78. The van der Waals surface area contributed by atoms with Crippen LogP contribution in [0.5, 0.6) is 0 Å². The fourth-order valence-electron chi connectivity index (χ4n) is 3.52. The van der Waals surface area contributed by atoms with Crippen molar-refractivity contribution in [2.75, 3.05) is 6.54 Å². The van der Waals surface area contributed by atoms with Gasteiger partial charge < -0.3 is 4.74 Å². The largest absolute Gasteiger partial charge is 0.444 e. The number of ketones is 1. The van der Waals surface area contributed by atoms with E-state index in [1.165, 1.54) is 35.5 Å². The predicted molar refractivity (Wildman–Crippen MR) is 106 cm³/mol. The molecule has 1 amide bonds. The van der Waals surface area contributed by atoms with E-state index in [2.05, 4.69) is 4.98 Å². The molecule has 7 heteroatoms. The highest BCUT2D eigenvalue weighted by molar-refractivity contribution is 7.11. The van der Waals surface area contributed by atoms with Crippen molar-refractivity contribution in [3.63, 3.8) is 0 Å². The van der Waals surface area contributed by atoms with Gasteiger partial charge in [-0.05, 0) is 40.0 Å². The summed E-state index contributed by atoms with van der Waals surface area (Å²) < 4.78 is 5.42. The molecule has 3 rings (SSSR count). The van der Waals surface area contributed by atoms with E-state index in [0.717, 1.165) is 23.6 Å². The number of likely N-dealkylation sites (tertiary alicyclic amines) is 1. The standard InChI is InChI=1S/C20H29N3O3S/c1-20(2,3)26-19(25)23-11-9-16(23)17(24)13-15(18-21-10-12-27-18)22-14-7-5-4-6-8-14/h10,12,14,16H,4-9,11,13H2,1-3H3. The molecule has 1 aromatic rings. The van der Waals surface area contributed by atoms with Crippen LogP contribution in [0.1, 0.15) is 70.7 Å². The number of hydrogen-bond acceptors (Lipinski definition) is 6. The Hall–Kier alpha value is -1.76. The second-order valence-corrected chi connectivity index (χ2v) is 9.22. The second kappa shape index (κ2) is 8.50. The zero-order chi connectivity index (χ0) is 19.4. The van der Waals surface area contributed by atoms with Crippen LogP contribution in [-0.4, -0.2) is 51.7 Å². The van der Waals surface area contributed by atoms with E-state index in [1.54, 1.807) is 6.20 Å². The van der Waals surface area contributed by atoms with Crippen molar-refractivity contribution < 1.29 is 14.3 Å². The number of carbonyl (C=O) groups is 2. The van der Waals surface area contributed by atoms with E-state index >= 15 is 0 Å². The van der Waals surface area contributed by atoms with Gasteiger partial charge >= 0.3 is 6.09 Å². The maximum Gasteiger partial charge on any atom is 0.410 e. The van der Waals surface area contributed by atoms with E-state index in [9.17, 15) is 9.59 Å². The van der Waals surface area contributed by atoms with Gasteiger partial charge in [-0.25, -0.2) is 9.78 Å². The summed E-state index contributed by atoms with van der Waals surface area (Å²) in [5.74, 6) is 0.0249. The molecule has 148 valence electrons. The molecule has 0 N–H and O–H groups in total. The molecule has 1 aliphatic carbocycles. The van der Waals surface area contributed by atoms with Crippen LogP contribution in [0.25, 0.3) is 0 Å². The lowest BCUT2D eigenvalue weighted by Gasteiger charge is -2.40. The van der Waals surface area contributed by atoms with Crippen LogP contribution < -0.4 is 0 Å². The minimum atomic E-state index is -0.561. The molecule has 1 atom stereocenters. The molecular formula is C20H29N3O3S. The van der Waals surface area contributed by atoms with Crippen molar-refractivity contribution in [3.05, 3.63) is 16.6 Å². The van der Waals surface area contributed by atoms with Crippen molar-refractivity contribution in [3.8, 4) is 0 Å². The van der Waals surface area contributed by atoms with Gasteiger partial charge in [0.2, 0.25) is 0 Å². The lowest BCUT2D eigenvalue weighted by atomic mass is 9.94. The summed E-state index contributed by atoms with van der Waals surface area (Å²) in [6.45, 7) is 6.06. The molecule has 1 unspecified atom stereocenters. The molecule has 1 saturated heterocycles. The molecule has 0 aromatic carbocycles. The van der Waals surface area contributed by atoms with Crippen molar-refractivity contribution in [1.82, 2.24) is 9.88 Å². The Balaban J connectivity index is 1.67. The lowest BCUT2D eigenvalue weighted by Crippen LogP contribution is -2.56. The van der Waals surface area contributed by atoms with Gasteiger partial charge in [-0.15, -0.1) is 11.3 Å². The summed E-state index contributed by atoms with van der Waals surface area (Å²) in [5.41, 5.74) is 0.215. The zero-order valence-electron chi connectivity index (χ0n) is 16.4. The van der Waals surface area contributed by atoms with E-state index in [0.29, 0.717) is 13.0 Å². The Morgan fingerprint density at radius 2 is 2.00 bits per heavy atom. The predicted octanol–water partition coefficient (Wildman–Crippen LogP) is 4.23. The van der Waals surface area contributed by atoms with Gasteiger partial charge in [0, 0.05) is 18.1 Å². The van der Waals surface area contributed by atoms with E-state index in [-0.39, 0.29) is 18.2 Å². The number of aliphatic imine (C=N–C) groups is 1. The maximum absolute atomic E-state index is 12.9. The highest BCUT2D eigenvalue weighted by Gasteiger charge is 2.40. The normalized spacial score (nSPS) is 21.7. The van der Waals surface area contributed by atoms with E-state index in [1.807, 2.05) is 26.2 Å². The van der Waals surface area contributed by atoms with Crippen molar-refractivity contribution >= 4 is 28.9 Å². The highest BCUT2D eigenvalue weighted by Crippen LogP contribution is 2.26. The first-order valence-electron chi connectivity index (χ1n) is 9.82. The number of Topliss-reactive ketones (excluding diaryl/α,β-unsaturated/α-hetero) is 1. The summed E-state index contributed by atoms with van der Waals surface area (Å²) in [6, 6.07) is -0.120. The Morgan fingerprint density at radius 3 is 2.56 bits per heavy atom.